The van der Waals surface area contributed by atoms with Crippen molar-refractivity contribution in [3.63, 3.8) is 0 Å². The van der Waals surface area contributed by atoms with E-state index in [1.54, 1.807) is 12.1 Å². The maximum atomic E-state index is 12.0. The van der Waals surface area contributed by atoms with Gasteiger partial charge >= 0.3 is 5.88 Å². The first kappa shape index (κ1) is 14.5. The zero-order chi connectivity index (χ0) is 14.8. The summed E-state index contributed by atoms with van der Waals surface area (Å²) in [5, 5.41) is 19.1. The Balaban J connectivity index is 2.22. The van der Waals surface area contributed by atoms with Gasteiger partial charge in [-0.25, -0.2) is 13.6 Å². The highest BCUT2D eigenvalue weighted by molar-refractivity contribution is 7.94. The van der Waals surface area contributed by atoms with E-state index in [2.05, 4.69) is 0 Å². The summed E-state index contributed by atoms with van der Waals surface area (Å²) in [5.41, 5.74) is 0.963. The fourth-order valence-electron chi connectivity index (χ4n) is 1.52. The van der Waals surface area contributed by atoms with Gasteiger partial charge in [-0.3, -0.25) is 0 Å². The van der Waals surface area contributed by atoms with E-state index in [9.17, 15) is 13.6 Å². The normalized spacial score (nSPS) is 13.8. The number of hydrogen-bond acceptors (Lipinski definition) is 5. The van der Waals surface area contributed by atoms with Gasteiger partial charge in [0, 0.05) is 11.5 Å². The van der Waals surface area contributed by atoms with E-state index >= 15 is 0 Å². The van der Waals surface area contributed by atoms with Crippen LogP contribution in [0.1, 0.15) is 11.3 Å². The first-order chi connectivity index (χ1) is 9.38. The number of nitrogens with one attached hydrogen (secondary N) is 1. The van der Waals surface area contributed by atoms with Gasteiger partial charge in [0.25, 0.3) is 0 Å². The molecular formula is C13H13NO5S. The molecule has 1 aromatic heterocycles. The largest absolute Gasteiger partial charge is 0.592 e. The molecule has 2 N–H and O–H groups in total. The lowest BCUT2D eigenvalue weighted by Gasteiger charge is -2.05. The second-order valence-electron chi connectivity index (χ2n) is 4.17. The van der Waals surface area contributed by atoms with E-state index in [1.807, 2.05) is 6.92 Å². The number of rotatable bonds is 4. The molecule has 0 bridgehead atoms. The van der Waals surface area contributed by atoms with Crippen molar-refractivity contribution in [2.45, 2.75) is 11.8 Å². The van der Waals surface area contributed by atoms with Gasteiger partial charge < -0.3 is 9.62 Å². The number of aryl methyl sites for hydroxylation is 1. The van der Waals surface area contributed by atoms with Crippen LogP contribution in [0.2, 0.25) is 0 Å². The van der Waals surface area contributed by atoms with E-state index in [0.29, 0.717) is 0 Å². The van der Waals surface area contributed by atoms with Crippen LogP contribution in [-0.2, 0) is 9.84 Å². The molecule has 0 aliphatic rings. The standard InChI is InChI=1S/C13H13NO5S/c1-10-2-5-12(6-3-10)20(17,18)9-8-11-4-7-13(19-11)14(15)16/h2-9,14-15H,1H3/b9-8+. The fraction of sp³-hybridized carbons (Fsp3) is 0.0769. The summed E-state index contributed by atoms with van der Waals surface area (Å²) >= 11 is 0. The van der Waals surface area contributed by atoms with Crippen molar-refractivity contribution in [3.8, 4) is 0 Å². The summed E-state index contributed by atoms with van der Waals surface area (Å²) in [7, 11) is -3.57. The van der Waals surface area contributed by atoms with E-state index in [-0.39, 0.29) is 16.5 Å². The minimum absolute atomic E-state index is 0.165. The van der Waals surface area contributed by atoms with Crippen LogP contribution < -0.4 is 5.23 Å². The average molecular weight is 295 g/mol. The number of hydrogen-bond donors (Lipinski definition) is 2. The SMILES string of the molecule is Cc1ccc(S(=O)(=O)/C=C/c2ccc([NH+]([O-])O)o2)cc1. The van der Waals surface area contributed by atoms with Crippen molar-refractivity contribution in [1.29, 1.82) is 0 Å². The fourth-order valence-corrected chi connectivity index (χ4v) is 2.51. The highest BCUT2D eigenvalue weighted by Crippen LogP contribution is 2.16. The summed E-state index contributed by atoms with van der Waals surface area (Å²) in [6.45, 7) is 1.86. The highest BCUT2D eigenvalue weighted by Gasteiger charge is 2.11. The Bertz CT molecular complexity index is 713. The predicted octanol–water partition coefficient (Wildman–Crippen LogP) is 1.44. The van der Waals surface area contributed by atoms with Crippen molar-refractivity contribution in [3.05, 3.63) is 58.3 Å². The molecular weight excluding hydrogens is 282 g/mol. The molecule has 0 saturated carbocycles. The van der Waals surface area contributed by atoms with Gasteiger partial charge in [0.05, 0.1) is 4.90 Å². The van der Waals surface area contributed by atoms with E-state index < -0.39 is 15.1 Å². The lowest BCUT2D eigenvalue weighted by Crippen LogP contribution is -2.99. The molecule has 2 aromatic rings. The van der Waals surface area contributed by atoms with Gasteiger partial charge in [0.2, 0.25) is 0 Å². The summed E-state index contributed by atoms with van der Waals surface area (Å²) < 4.78 is 29.0. The lowest BCUT2D eigenvalue weighted by atomic mass is 10.2. The molecule has 106 valence electrons. The molecule has 7 heteroatoms. The van der Waals surface area contributed by atoms with Crippen LogP contribution in [0, 0.1) is 12.1 Å². The Morgan fingerprint density at radius 3 is 2.40 bits per heavy atom. The summed E-state index contributed by atoms with van der Waals surface area (Å²) in [4.78, 5) is 0.171. The Morgan fingerprint density at radius 2 is 1.85 bits per heavy atom. The van der Waals surface area contributed by atoms with Crippen LogP contribution in [0.25, 0.3) is 6.08 Å². The number of sulfone groups is 1. The quantitative estimate of drug-likeness (QED) is 0.832. The molecule has 0 aliphatic carbocycles. The van der Waals surface area contributed by atoms with Gasteiger partial charge in [0.15, 0.2) is 9.84 Å². The van der Waals surface area contributed by atoms with E-state index in [1.165, 1.54) is 30.3 Å². The Labute approximate surface area is 116 Å². The molecule has 2 rings (SSSR count). The summed E-state index contributed by atoms with van der Waals surface area (Å²) in [6, 6.07) is 9.09. The molecule has 0 amide bonds. The topological polar surface area (TPSA) is 95.0 Å². The van der Waals surface area contributed by atoms with E-state index in [0.717, 1.165) is 11.0 Å². The molecule has 20 heavy (non-hydrogen) atoms. The van der Waals surface area contributed by atoms with Crippen LogP contribution in [0.4, 0.5) is 5.88 Å². The smallest absolute Gasteiger partial charge is 0.328 e. The second kappa shape index (κ2) is 5.59. The van der Waals surface area contributed by atoms with Crippen molar-refractivity contribution in [2.75, 3.05) is 0 Å². The molecule has 0 aliphatic heterocycles. The predicted molar refractivity (Wildman–Crippen MR) is 71.9 cm³/mol. The van der Waals surface area contributed by atoms with Crippen LogP contribution in [0.15, 0.2) is 51.1 Å². The maximum absolute atomic E-state index is 12.0. The molecule has 0 fully saturated rings. The van der Waals surface area contributed by atoms with Crippen LogP contribution in [-0.4, -0.2) is 13.6 Å². The Kier molecular flexibility index (Phi) is 4.05. The molecule has 1 unspecified atom stereocenters. The first-order valence-electron chi connectivity index (χ1n) is 5.71. The zero-order valence-electron chi connectivity index (χ0n) is 10.6. The third-order valence-corrected chi connectivity index (χ3v) is 4.02. The van der Waals surface area contributed by atoms with Gasteiger partial charge in [0.1, 0.15) is 5.76 Å². The second-order valence-corrected chi connectivity index (χ2v) is 6.00. The summed E-state index contributed by atoms with van der Waals surface area (Å²) in [5.74, 6) is -0.0736. The van der Waals surface area contributed by atoms with Crippen LogP contribution >= 0.6 is 0 Å². The molecule has 0 saturated heterocycles. The van der Waals surface area contributed by atoms with Crippen LogP contribution in [0.3, 0.4) is 0 Å². The van der Waals surface area contributed by atoms with E-state index in [4.69, 9.17) is 9.62 Å². The molecule has 6 nitrogen and oxygen atoms in total. The van der Waals surface area contributed by atoms with Crippen molar-refractivity contribution in [1.82, 2.24) is 0 Å². The van der Waals surface area contributed by atoms with Crippen LogP contribution in [0.5, 0.6) is 0 Å². The minimum atomic E-state index is -3.57. The molecule has 1 atom stereocenters. The molecule has 0 radical (unpaired) electrons. The monoisotopic (exact) mass is 295 g/mol. The highest BCUT2D eigenvalue weighted by atomic mass is 32.2. The molecule has 1 aromatic carbocycles. The Morgan fingerprint density at radius 1 is 1.20 bits per heavy atom. The van der Waals surface area contributed by atoms with Gasteiger partial charge in [-0.15, -0.1) is 0 Å². The molecule has 0 spiro atoms. The number of benzene rings is 1. The van der Waals surface area contributed by atoms with Gasteiger partial charge in [-0.2, -0.15) is 5.23 Å². The van der Waals surface area contributed by atoms with Crippen molar-refractivity contribution in [2.24, 2.45) is 0 Å². The third kappa shape index (κ3) is 3.34. The van der Waals surface area contributed by atoms with Crippen molar-refractivity contribution >= 4 is 21.8 Å². The first-order valence-corrected chi connectivity index (χ1v) is 7.26. The zero-order valence-corrected chi connectivity index (χ0v) is 11.4. The summed E-state index contributed by atoms with van der Waals surface area (Å²) in [6.07, 6.45) is 1.22. The number of quaternary nitrogens is 1. The average Bonchev–Trinajstić information content (AvgIpc) is 2.86. The van der Waals surface area contributed by atoms with Gasteiger partial charge in [-0.05, 0) is 31.2 Å². The third-order valence-electron chi connectivity index (χ3n) is 2.60. The Hall–Kier alpha value is -1.93. The molecule has 1 heterocycles. The number of furan rings is 1. The maximum Gasteiger partial charge on any atom is 0.328 e. The van der Waals surface area contributed by atoms with Crippen molar-refractivity contribution < 1.29 is 23.3 Å². The lowest BCUT2D eigenvalue weighted by molar-refractivity contribution is -0.997. The van der Waals surface area contributed by atoms with Gasteiger partial charge in [-0.1, -0.05) is 17.7 Å². The minimum Gasteiger partial charge on any atom is -0.592 e.